The number of amides is 1. The van der Waals surface area contributed by atoms with Gasteiger partial charge in [0, 0.05) is 31.1 Å². The number of nitrogens with two attached hydrogens (primary N) is 1. The van der Waals surface area contributed by atoms with Gasteiger partial charge in [-0.05, 0) is 52.0 Å². The zero-order chi connectivity index (χ0) is 18.4. The van der Waals surface area contributed by atoms with Crippen LogP contribution in [-0.4, -0.2) is 35.8 Å². The van der Waals surface area contributed by atoms with Crippen LogP contribution in [-0.2, 0) is 11.2 Å². The maximum Gasteiger partial charge on any atom is 0.410 e. The van der Waals surface area contributed by atoms with Crippen LogP contribution in [0.4, 0.5) is 14.9 Å². The molecule has 0 aliphatic carbocycles. The number of hydrogen-bond acceptors (Lipinski definition) is 4. The van der Waals surface area contributed by atoms with E-state index in [-0.39, 0.29) is 23.9 Å². The summed E-state index contributed by atoms with van der Waals surface area (Å²) in [5, 5.41) is 0. The molecule has 6 heteroatoms. The summed E-state index contributed by atoms with van der Waals surface area (Å²) in [6.07, 6.45) is 1.81. The first kappa shape index (κ1) is 17.8. The van der Waals surface area contributed by atoms with Crippen LogP contribution in [0, 0.1) is 5.82 Å². The molecule has 5 nitrogen and oxygen atoms in total. The summed E-state index contributed by atoms with van der Waals surface area (Å²) in [7, 11) is 0. The number of carbonyl (C=O) groups excluding carboxylic acids is 1. The number of halogens is 1. The fraction of sp³-hybridized carbons (Fsp3) is 0.632. The van der Waals surface area contributed by atoms with Crippen molar-refractivity contribution < 1.29 is 18.7 Å². The second kappa shape index (κ2) is 6.39. The minimum atomic E-state index is -0.509. The number of fused-ring (bicyclic) bond motifs is 1. The van der Waals surface area contributed by atoms with Gasteiger partial charge < -0.3 is 20.1 Å². The maximum absolute atomic E-state index is 14.7. The van der Waals surface area contributed by atoms with E-state index >= 15 is 0 Å². The topological polar surface area (TPSA) is 64.8 Å². The van der Waals surface area contributed by atoms with Gasteiger partial charge in [0.05, 0.1) is 5.69 Å². The largest absolute Gasteiger partial charge is 0.488 e. The molecule has 0 unspecified atom stereocenters. The van der Waals surface area contributed by atoms with Crippen molar-refractivity contribution in [2.45, 2.75) is 64.6 Å². The van der Waals surface area contributed by atoms with Crippen LogP contribution in [0.1, 0.15) is 57.6 Å². The average molecular weight is 350 g/mol. The fourth-order valence-electron chi connectivity index (χ4n) is 3.71. The highest BCUT2D eigenvalue weighted by Crippen LogP contribution is 2.43. The van der Waals surface area contributed by atoms with Crippen LogP contribution < -0.4 is 10.5 Å². The molecule has 0 bridgehead atoms. The van der Waals surface area contributed by atoms with Gasteiger partial charge in [0.2, 0.25) is 0 Å². The molecule has 1 amide bonds. The molecule has 0 aromatic heterocycles. The lowest BCUT2D eigenvalue weighted by Gasteiger charge is -2.34. The molecule has 0 saturated carbocycles. The van der Waals surface area contributed by atoms with Crippen molar-refractivity contribution in [1.29, 1.82) is 0 Å². The third kappa shape index (κ3) is 3.67. The lowest BCUT2D eigenvalue weighted by Crippen LogP contribution is -2.41. The summed E-state index contributed by atoms with van der Waals surface area (Å²) >= 11 is 0. The Labute approximate surface area is 148 Å². The van der Waals surface area contributed by atoms with Gasteiger partial charge in [-0.2, -0.15) is 0 Å². The number of piperidine rings is 1. The SMILES string of the molecule is C[C@@H]1Cc2c(c(N)cc(F)c2C2CCN(C(=O)OC(C)(C)C)CC2)O1. The van der Waals surface area contributed by atoms with Crippen LogP contribution in [0.5, 0.6) is 5.75 Å². The average Bonchev–Trinajstić information content (AvgIpc) is 2.88. The first-order valence-corrected chi connectivity index (χ1v) is 8.91. The molecule has 0 spiro atoms. The lowest BCUT2D eigenvalue weighted by molar-refractivity contribution is 0.0204. The zero-order valence-electron chi connectivity index (χ0n) is 15.4. The molecule has 3 rings (SSSR count). The van der Waals surface area contributed by atoms with E-state index in [1.54, 1.807) is 4.90 Å². The molecule has 2 aliphatic rings. The van der Waals surface area contributed by atoms with Gasteiger partial charge in [0.1, 0.15) is 23.3 Å². The summed E-state index contributed by atoms with van der Waals surface area (Å²) in [5.41, 5.74) is 7.40. The standard InChI is InChI=1S/C19H27FN2O3/c1-11-9-13-16(14(20)10-15(21)17(13)24-11)12-5-7-22(8-6-12)18(23)25-19(2,3)4/h10-12H,5-9,21H2,1-4H3/t11-/m1/s1. The van der Waals surface area contributed by atoms with E-state index in [0.717, 1.165) is 11.1 Å². The van der Waals surface area contributed by atoms with Crippen molar-refractivity contribution in [3.8, 4) is 5.75 Å². The van der Waals surface area contributed by atoms with Crippen LogP contribution in [0.2, 0.25) is 0 Å². The zero-order valence-corrected chi connectivity index (χ0v) is 15.4. The van der Waals surface area contributed by atoms with Crippen molar-refractivity contribution in [3.05, 3.63) is 23.0 Å². The molecule has 2 aliphatic heterocycles. The predicted molar refractivity (Wildman–Crippen MR) is 94.4 cm³/mol. The van der Waals surface area contributed by atoms with Crippen molar-refractivity contribution in [3.63, 3.8) is 0 Å². The Hall–Kier alpha value is -1.98. The first-order valence-electron chi connectivity index (χ1n) is 8.91. The van der Waals surface area contributed by atoms with Crippen molar-refractivity contribution in [2.75, 3.05) is 18.8 Å². The number of anilines is 1. The Morgan fingerprint density at radius 2 is 2.00 bits per heavy atom. The highest BCUT2D eigenvalue weighted by Gasteiger charge is 2.34. The highest BCUT2D eigenvalue weighted by molar-refractivity contribution is 5.68. The van der Waals surface area contributed by atoms with Crippen LogP contribution in [0.3, 0.4) is 0 Å². The van der Waals surface area contributed by atoms with E-state index < -0.39 is 5.60 Å². The first-order chi connectivity index (χ1) is 11.7. The predicted octanol–water partition coefficient (Wildman–Crippen LogP) is 3.85. The molecule has 1 aromatic carbocycles. The van der Waals surface area contributed by atoms with Gasteiger partial charge in [0.25, 0.3) is 0 Å². The summed E-state index contributed by atoms with van der Waals surface area (Å²) in [6, 6.07) is 1.37. The number of nitrogen functional groups attached to an aromatic ring is 1. The van der Waals surface area contributed by atoms with Crippen LogP contribution >= 0.6 is 0 Å². The molecule has 1 fully saturated rings. The van der Waals surface area contributed by atoms with Crippen molar-refractivity contribution in [1.82, 2.24) is 4.90 Å². The third-order valence-electron chi connectivity index (χ3n) is 4.77. The van der Waals surface area contributed by atoms with E-state index in [4.69, 9.17) is 15.2 Å². The molecule has 138 valence electrons. The Bertz CT molecular complexity index is 676. The van der Waals surface area contributed by atoms with Gasteiger partial charge in [-0.15, -0.1) is 0 Å². The Balaban J connectivity index is 1.74. The van der Waals surface area contributed by atoms with Gasteiger partial charge in [0.15, 0.2) is 0 Å². The molecule has 1 atom stereocenters. The van der Waals surface area contributed by atoms with E-state index in [2.05, 4.69) is 0 Å². The smallest absolute Gasteiger partial charge is 0.410 e. The van der Waals surface area contributed by atoms with E-state index in [0.29, 0.717) is 43.8 Å². The Morgan fingerprint density at radius 1 is 1.36 bits per heavy atom. The minimum Gasteiger partial charge on any atom is -0.488 e. The van der Waals surface area contributed by atoms with Crippen molar-refractivity contribution in [2.24, 2.45) is 0 Å². The number of benzene rings is 1. The maximum atomic E-state index is 14.7. The second-order valence-electron chi connectivity index (χ2n) is 8.04. The van der Waals surface area contributed by atoms with Gasteiger partial charge >= 0.3 is 6.09 Å². The lowest BCUT2D eigenvalue weighted by atomic mass is 9.84. The number of carbonyl (C=O) groups is 1. The summed E-state index contributed by atoms with van der Waals surface area (Å²) < 4.78 is 25.8. The second-order valence-corrected chi connectivity index (χ2v) is 8.04. The number of rotatable bonds is 1. The number of likely N-dealkylation sites (tertiary alicyclic amines) is 1. The molecule has 2 N–H and O–H groups in total. The van der Waals surface area contributed by atoms with Gasteiger partial charge in [-0.3, -0.25) is 0 Å². The molecule has 25 heavy (non-hydrogen) atoms. The van der Waals surface area contributed by atoms with Gasteiger partial charge in [-0.25, -0.2) is 9.18 Å². The Kier molecular flexibility index (Phi) is 4.56. The van der Waals surface area contributed by atoms with E-state index in [9.17, 15) is 9.18 Å². The van der Waals surface area contributed by atoms with Crippen LogP contribution in [0.15, 0.2) is 6.07 Å². The number of ether oxygens (including phenoxy) is 2. The molecule has 1 saturated heterocycles. The quantitative estimate of drug-likeness (QED) is 0.782. The molecule has 2 heterocycles. The summed E-state index contributed by atoms with van der Waals surface area (Å²) in [4.78, 5) is 13.9. The van der Waals surface area contributed by atoms with Crippen molar-refractivity contribution >= 4 is 11.8 Å². The third-order valence-corrected chi connectivity index (χ3v) is 4.77. The molecular formula is C19H27FN2O3. The summed E-state index contributed by atoms with van der Waals surface area (Å²) in [6.45, 7) is 8.65. The summed E-state index contributed by atoms with van der Waals surface area (Å²) in [5.74, 6) is 0.449. The monoisotopic (exact) mass is 350 g/mol. The number of hydrogen-bond donors (Lipinski definition) is 1. The minimum absolute atomic E-state index is 0.0136. The normalized spacial score (nSPS) is 21.0. The van der Waals surface area contributed by atoms with Gasteiger partial charge in [-0.1, -0.05) is 0 Å². The fourth-order valence-corrected chi connectivity index (χ4v) is 3.71. The Morgan fingerprint density at radius 3 is 2.60 bits per heavy atom. The highest BCUT2D eigenvalue weighted by atomic mass is 19.1. The molecular weight excluding hydrogens is 323 g/mol. The number of nitrogens with zero attached hydrogens (tertiary/aromatic N) is 1. The van der Waals surface area contributed by atoms with Crippen LogP contribution in [0.25, 0.3) is 0 Å². The molecule has 0 radical (unpaired) electrons. The van der Waals surface area contributed by atoms with E-state index in [1.165, 1.54) is 6.07 Å². The molecule has 1 aromatic rings. The van der Waals surface area contributed by atoms with E-state index in [1.807, 2.05) is 27.7 Å².